The van der Waals surface area contributed by atoms with Crippen LogP contribution in [-0.4, -0.2) is 27.3 Å². The molecule has 0 aliphatic heterocycles. The molecule has 0 unspecified atom stereocenters. The molecular weight excluding hydrogens is 246 g/mol. The largest absolute Gasteiger partial charge is 0.387 e. The SMILES string of the molecule is C[C@@H](O)c1cccc(COS(C)(C)C(C)(C)C)n1. The minimum Gasteiger partial charge on any atom is -0.387 e. The highest BCUT2D eigenvalue weighted by atomic mass is 32.3. The quantitative estimate of drug-likeness (QED) is 0.912. The second-order valence-corrected chi connectivity index (χ2v) is 9.76. The first-order valence-corrected chi connectivity index (χ1v) is 8.52. The summed E-state index contributed by atoms with van der Waals surface area (Å²) in [6.07, 6.45) is 3.81. The highest BCUT2D eigenvalue weighted by Gasteiger charge is 2.28. The smallest absolute Gasteiger partial charge is 0.101 e. The Labute approximate surface area is 112 Å². The van der Waals surface area contributed by atoms with Gasteiger partial charge in [0.25, 0.3) is 0 Å². The van der Waals surface area contributed by atoms with Gasteiger partial charge in [0.05, 0.1) is 17.5 Å². The summed E-state index contributed by atoms with van der Waals surface area (Å²) in [5, 5.41) is 9.51. The van der Waals surface area contributed by atoms with Crippen LogP contribution in [-0.2, 0) is 10.8 Å². The number of pyridine rings is 1. The number of aromatic nitrogens is 1. The second kappa shape index (κ2) is 5.59. The van der Waals surface area contributed by atoms with Crippen LogP contribution in [0, 0.1) is 0 Å². The molecule has 0 saturated heterocycles. The first-order valence-electron chi connectivity index (χ1n) is 6.14. The van der Waals surface area contributed by atoms with E-state index in [-0.39, 0.29) is 4.75 Å². The summed E-state index contributed by atoms with van der Waals surface area (Å²) >= 11 is 0. The molecule has 0 radical (unpaired) electrons. The van der Waals surface area contributed by atoms with E-state index in [4.69, 9.17) is 4.18 Å². The Balaban J connectivity index is 2.72. The average molecular weight is 271 g/mol. The normalized spacial score (nSPS) is 15.5. The molecule has 104 valence electrons. The molecule has 1 aromatic rings. The molecule has 0 aromatic carbocycles. The molecule has 18 heavy (non-hydrogen) atoms. The van der Waals surface area contributed by atoms with Crippen molar-refractivity contribution in [2.45, 2.75) is 45.2 Å². The molecule has 1 heterocycles. The molecule has 1 rings (SSSR count). The van der Waals surface area contributed by atoms with Crippen molar-refractivity contribution in [3.63, 3.8) is 0 Å². The summed E-state index contributed by atoms with van der Waals surface area (Å²) < 4.78 is 6.20. The lowest BCUT2D eigenvalue weighted by atomic mass is 10.2. The van der Waals surface area contributed by atoms with Gasteiger partial charge < -0.3 is 9.29 Å². The Kier molecular flexibility index (Phi) is 4.81. The van der Waals surface area contributed by atoms with Crippen LogP contribution < -0.4 is 0 Å². The molecule has 3 nitrogen and oxygen atoms in total. The summed E-state index contributed by atoms with van der Waals surface area (Å²) in [5.41, 5.74) is 1.57. The van der Waals surface area contributed by atoms with E-state index in [1.54, 1.807) is 6.92 Å². The van der Waals surface area contributed by atoms with Crippen LogP contribution in [0.3, 0.4) is 0 Å². The molecule has 1 aromatic heterocycles. The number of aliphatic hydroxyl groups excluding tert-OH is 1. The van der Waals surface area contributed by atoms with Gasteiger partial charge in [-0.2, -0.15) is 0 Å². The second-order valence-electron chi connectivity index (χ2n) is 5.84. The van der Waals surface area contributed by atoms with Gasteiger partial charge in [0, 0.05) is 4.75 Å². The van der Waals surface area contributed by atoms with Gasteiger partial charge in [0.2, 0.25) is 0 Å². The number of aliphatic hydroxyl groups is 1. The van der Waals surface area contributed by atoms with Crippen molar-refractivity contribution in [3.8, 4) is 0 Å². The number of hydrogen-bond donors (Lipinski definition) is 1. The van der Waals surface area contributed by atoms with Crippen molar-refractivity contribution in [2.75, 3.05) is 12.5 Å². The van der Waals surface area contributed by atoms with Gasteiger partial charge in [-0.1, -0.05) is 26.8 Å². The first-order chi connectivity index (χ1) is 8.13. The van der Waals surface area contributed by atoms with Crippen LogP contribution in [0.25, 0.3) is 0 Å². The predicted molar refractivity (Wildman–Crippen MR) is 78.9 cm³/mol. The molecule has 0 bridgehead atoms. The maximum Gasteiger partial charge on any atom is 0.101 e. The van der Waals surface area contributed by atoms with E-state index >= 15 is 0 Å². The Morgan fingerprint density at radius 1 is 1.33 bits per heavy atom. The maximum atomic E-state index is 9.51. The predicted octanol–water partition coefficient (Wildman–Crippen LogP) is 3.43. The van der Waals surface area contributed by atoms with E-state index < -0.39 is 16.4 Å². The first kappa shape index (κ1) is 15.5. The molecule has 0 aliphatic rings. The van der Waals surface area contributed by atoms with Crippen LogP contribution in [0.4, 0.5) is 0 Å². The van der Waals surface area contributed by atoms with E-state index in [1.807, 2.05) is 18.2 Å². The third kappa shape index (κ3) is 3.97. The van der Waals surface area contributed by atoms with Crippen LogP contribution in [0.1, 0.15) is 45.2 Å². The summed E-state index contributed by atoms with van der Waals surface area (Å²) in [4.78, 5) is 4.40. The zero-order chi connectivity index (χ0) is 14.0. The van der Waals surface area contributed by atoms with E-state index in [2.05, 4.69) is 38.3 Å². The third-order valence-electron chi connectivity index (χ3n) is 3.23. The van der Waals surface area contributed by atoms with Crippen molar-refractivity contribution in [1.82, 2.24) is 4.98 Å². The Hall–Kier alpha value is -0.580. The van der Waals surface area contributed by atoms with Crippen LogP contribution in [0.15, 0.2) is 18.2 Å². The summed E-state index contributed by atoms with van der Waals surface area (Å²) in [6, 6.07) is 5.67. The minimum absolute atomic E-state index is 0.148. The summed E-state index contributed by atoms with van der Waals surface area (Å²) in [5.74, 6) is 0. The Morgan fingerprint density at radius 2 is 1.94 bits per heavy atom. The minimum atomic E-state index is -1.13. The van der Waals surface area contributed by atoms with E-state index in [1.165, 1.54) is 0 Å². The van der Waals surface area contributed by atoms with Gasteiger partial charge in [0.1, 0.15) is 6.61 Å². The van der Waals surface area contributed by atoms with Crippen LogP contribution in [0.2, 0.25) is 0 Å². The number of nitrogens with zero attached hydrogens (tertiary/aromatic N) is 1. The zero-order valence-corrected chi connectivity index (χ0v) is 13.0. The van der Waals surface area contributed by atoms with Crippen molar-refractivity contribution in [3.05, 3.63) is 29.6 Å². The van der Waals surface area contributed by atoms with Crippen LogP contribution >= 0.6 is 10.3 Å². The molecular formula is C14H25NO2S. The molecule has 4 heteroatoms. The molecule has 1 atom stereocenters. The molecule has 0 spiro atoms. The molecule has 0 aliphatic carbocycles. The van der Waals surface area contributed by atoms with Crippen molar-refractivity contribution in [2.24, 2.45) is 0 Å². The standard InChI is InChI=1S/C14H25NO2S/c1-11(16)13-9-7-8-12(15-13)10-17-18(5,6)14(2,3)4/h7-9,11,16H,10H2,1-6H3/t11-/m1/s1. The van der Waals surface area contributed by atoms with Gasteiger partial charge in [-0.25, -0.2) is 0 Å². The van der Waals surface area contributed by atoms with E-state index in [0.717, 1.165) is 5.69 Å². The van der Waals surface area contributed by atoms with E-state index in [0.29, 0.717) is 12.3 Å². The van der Waals surface area contributed by atoms with Gasteiger partial charge in [-0.15, -0.1) is 10.3 Å². The maximum absolute atomic E-state index is 9.51. The highest BCUT2D eigenvalue weighted by Crippen LogP contribution is 2.54. The molecule has 1 N–H and O–H groups in total. The van der Waals surface area contributed by atoms with Gasteiger partial charge in [-0.05, 0) is 31.6 Å². The number of rotatable bonds is 4. The zero-order valence-electron chi connectivity index (χ0n) is 12.2. The number of hydrogen-bond acceptors (Lipinski definition) is 3. The van der Waals surface area contributed by atoms with E-state index in [9.17, 15) is 5.11 Å². The third-order valence-corrected chi connectivity index (χ3v) is 6.89. The Morgan fingerprint density at radius 3 is 2.44 bits per heavy atom. The van der Waals surface area contributed by atoms with Crippen LogP contribution in [0.5, 0.6) is 0 Å². The fourth-order valence-corrected chi connectivity index (χ4v) is 1.96. The fraction of sp³-hybridized carbons (Fsp3) is 0.643. The summed E-state index contributed by atoms with van der Waals surface area (Å²) in [6.45, 7) is 8.81. The fourth-order valence-electron chi connectivity index (χ4n) is 1.20. The lowest BCUT2D eigenvalue weighted by Gasteiger charge is -2.43. The molecule has 0 fully saturated rings. The van der Waals surface area contributed by atoms with Crippen molar-refractivity contribution in [1.29, 1.82) is 0 Å². The van der Waals surface area contributed by atoms with Gasteiger partial charge in [0.15, 0.2) is 0 Å². The lowest BCUT2D eigenvalue weighted by Crippen LogP contribution is -2.25. The molecule has 0 saturated carbocycles. The average Bonchev–Trinajstić information content (AvgIpc) is 2.25. The topological polar surface area (TPSA) is 42.4 Å². The molecule has 0 amide bonds. The monoisotopic (exact) mass is 271 g/mol. The summed E-state index contributed by atoms with van der Waals surface area (Å²) in [7, 11) is -1.13. The highest BCUT2D eigenvalue weighted by molar-refractivity contribution is 8.29. The lowest BCUT2D eigenvalue weighted by molar-refractivity contribution is 0.193. The van der Waals surface area contributed by atoms with Gasteiger partial charge >= 0.3 is 0 Å². The van der Waals surface area contributed by atoms with Crippen molar-refractivity contribution >= 4 is 10.3 Å². The van der Waals surface area contributed by atoms with Gasteiger partial charge in [-0.3, -0.25) is 4.98 Å². The Bertz CT molecular complexity index is 397. The van der Waals surface area contributed by atoms with Crippen molar-refractivity contribution < 1.29 is 9.29 Å².